The van der Waals surface area contributed by atoms with Crippen molar-refractivity contribution in [2.24, 2.45) is 0 Å². The maximum absolute atomic E-state index is 13.9. The summed E-state index contributed by atoms with van der Waals surface area (Å²) >= 11 is 0. The van der Waals surface area contributed by atoms with E-state index in [0.29, 0.717) is 12.2 Å². The quantitative estimate of drug-likeness (QED) is 0.560. The standard InChI is InChI=1S/C29H30N2O4S/c1-35-23-12-14-24(15-13-23)36(33,34)31-18-22-7-3-2-6-19(22)17-27(31)29(32)30-28-25-10-4-8-20(25)16-21-9-5-11-26(21)28/h2-3,6-7,12-16,27H,4-5,8-11,17-18H2,1H3,(H,30,32). The van der Waals surface area contributed by atoms with Gasteiger partial charge in [0.25, 0.3) is 0 Å². The first-order valence-electron chi connectivity index (χ1n) is 12.7. The number of rotatable bonds is 5. The number of hydrogen-bond donors (Lipinski definition) is 1. The number of ether oxygens (including phenoxy) is 1. The average molecular weight is 503 g/mol. The van der Waals surface area contributed by atoms with E-state index in [2.05, 4.69) is 11.4 Å². The van der Waals surface area contributed by atoms with Gasteiger partial charge in [0, 0.05) is 12.2 Å². The van der Waals surface area contributed by atoms with E-state index < -0.39 is 16.1 Å². The van der Waals surface area contributed by atoms with E-state index in [1.54, 1.807) is 31.4 Å². The van der Waals surface area contributed by atoms with E-state index >= 15 is 0 Å². The highest BCUT2D eigenvalue weighted by Gasteiger charge is 2.40. The van der Waals surface area contributed by atoms with Crippen molar-refractivity contribution in [3.63, 3.8) is 0 Å². The molecular weight excluding hydrogens is 472 g/mol. The van der Waals surface area contributed by atoms with E-state index in [4.69, 9.17) is 4.74 Å². The minimum atomic E-state index is -3.92. The Balaban J connectivity index is 1.38. The molecule has 36 heavy (non-hydrogen) atoms. The van der Waals surface area contributed by atoms with Crippen molar-refractivity contribution >= 4 is 21.6 Å². The molecule has 1 heterocycles. The van der Waals surface area contributed by atoms with Crippen molar-refractivity contribution in [2.75, 3.05) is 12.4 Å². The van der Waals surface area contributed by atoms with Crippen molar-refractivity contribution in [2.45, 2.75) is 62.4 Å². The molecule has 1 N–H and O–H groups in total. The Kier molecular flexibility index (Phi) is 5.85. The molecule has 1 amide bonds. The van der Waals surface area contributed by atoms with Gasteiger partial charge in [0.1, 0.15) is 11.8 Å². The van der Waals surface area contributed by atoms with Crippen LogP contribution in [0.5, 0.6) is 5.75 Å². The minimum Gasteiger partial charge on any atom is -0.497 e. The van der Waals surface area contributed by atoms with Gasteiger partial charge < -0.3 is 10.1 Å². The summed E-state index contributed by atoms with van der Waals surface area (Å²) in [4.78, 5) is 14.1. The number of sulfonamides is 1. The molecule has 0 saturated heterocycles. The number of benzene rings is 3. The SMILES string of the molecule is COc1ccc(S(=O)(=O)N2Cc3ccccc3CC2C(=O)Nc2c3c(cc4c2CCC4)CCC3)cc1. The van der Waals surface area contributed by atoms with Crippen LogP contribution >= 0.6 is 0 Å². The van der Waals surface area contributed by atoms with Crippen molar-refractivity contribution in [1.29, 1.82) is 0 Å². The molecule has 3 aliphatic rings. The van der Waals surface area contributed by atoms with E-state index in [1.807, 2.05) is 24.3 Å². The molecule has 0 aromatic heterocycles. The molecule has 7 heteroatoms. The largest absolute Gasteiger partial charge is 0.497 e. The molecular formula is C29H30N2O4S. The highest BCUT2D eigenvalue weighted by Crippen LogP contribution is 2.39. The fraction of sp³-hybridized carbons (Fsp3) is 0.345. The number of carbonyl (C=O) groups excluding carboxylic acids is 1. The van der Waals surface area contributed by atoms with Crippen LogP contribution in [0.15, 0.2) is 59.5 Å². The molecule has 6 rings (SSSR count). The first-order chi connectivity index (χ1) is 17.5. The number of methoxy groups -OCH3 is 1. The second-order valence-corrected chi connectivity index (χ2v) is 11.8. The summed E-state index contributed by atoms with van der Waals surface area (Å²) in [6.07, 6.45) is 6.53. The van der Waals surface area contributed by atoms with Gasteiger partial charge in [0.2, 0.25) is 15.9 Å². The molecule has 0 fully saturated rings. The summed E-state index contributed by atoms with van der Waals surface area (Å²) in [5, 5.41) is 3.25. The van der Waals surface area contributed by atoms with Crippen molar-refractivity contribution in [1.82, 2.24) is 4.31 Å². The van der Waals surface area contributed by atoms with Gasteiger partial charge in [-0.15, -0.1) is 0 Å². The van der Waals surface area contributed by atoms with Gasteiger partial charge >= 0.3 is 0 Å². The van der Waals surface area contributed by atoms with Crippen LogP contribution in [0.2, 0.25) is 0 Å². The third kappa shape index (κ3) is 3.91. The predicted molar refractivity (Wildman–Crippen MR) is 139 cm³/mol. The minimum absolute atomic E-state index is 0.155. The Bertz CT molecular complexity index is 1410. The number of anilines is 1. The molecule has 3 aromatic carbocycles. The summed E-state index contributed by atoms with van der Waals surface area (Å²) in [5.74, 6) is 0.329. The third-order valence-electron chi connectivity index (χ3n) is 7.90. The fourth-order valence-corrected chi connectivity index (χ4v) is 7.60. The molecule has 6 nitrogen and oxygen atoms in total. The Hall–Kier alpha value is -3.16. The highest BCUT2D eigenvalue weighted by molar-refractivity contribution is 7.89. The van der Waals surface area contributed by atoms with Gasteiger partial charge in [-0.3, -0.25) is 4.79 Å². The summed E-state index contributed by atoms with van der Waals surface area (Å²) < 4.78 is 34.3. The summed E-state index contributed by atoms with van der Waals surface area (Å²) in [7, 11) is -2.38. The van der Waals surface area contributed by atoms with E-state index in [0.717, 1.165) is 55.3 Å². The average Bonchev–Trinajstić information content (AvgIpc) is 3.57. The van der Waals surface area contributed by atoms with Crippen LogP contribution in [0.1, 0.15) is 46.2 Å². The number of nitrogens with one attached hydrogen (secondary N) is 1. The Morgan fingerprint density at radius 1 is 0.889 bits per heavy atom. The maximum Gasteiger partial charge on any atom is 0.244 e. The summed E-state index contributed by atoms with van der Waals surface area (Å²) in [6.45, 7) is 0.160. The van der Waals surface area contributed by atoms with Crippen LogP contribution in [0.3, 0.4) is 0 Å². The van der Waals surface area contributed by atoms with Gasteiger partial charge in [-0.2, -0.15) is 4.31 Å². The highest BCUT2D eigenvalue weighted by atomic mass is 32.2. The molecule has 1 unspecified atom stereocenters. The van der Waals surface area contributed by atoms with Crippen LogP contribution in [-0.4, -0.2) is 31.8 Å². The number of hydrogen-bond acceptors (Lipinski definition) is 4. The third-order valence-corrected chi connectivity index (χ3v) is 9.76. The number of nitrogens with zero attached hydrogens (tertiary/aromatic N) is 1. The van der Waals surface area contributed by atoms with Crippen molar-refractivity contribution in [3.8, 4) is 5.75 Å². The van der Waals surface area contributed by atoms with Gasteiger partial charge in [-0.1, -0.05) is 30.3 Å². The van der Waals surface area contributed by atoms with Crippen molar-refractivity contribution in [3.05, 3.63) is 88.0 Å². The van der Waals surface area contributed by atoms with Gasteiger partial charge in [0.15, 0.2) is 0 Å². The molecule has 186 valence electrons. The van der Waals surface area contributed by atoms with Gasteiger partial charge in [0.05, 0.1) is 12.0 Å². The van der Waals surface area contributed by atoms with Crippen molar-refractivity contribution < 1.29 is 17.9 Å². The lowest BCUT2D eigenvalue weighted by atomic mass is 9.94. The number of carbonyl (C=O) groups is 1. The monoisotopic (exact) mass is 502 g/mol. The van der Waals surface area contributed by atoms with E-state index in [1.165, 1.54) is 26.6 Å². The normalized spacial score (nSPS) is 18.9. The second-order valence-electron chi connectivity index (χ2n) is 9.94. The topological polar surface area (TPSA) is 75.7 Å². The summed E-state index contributed by atoms with van der Waals surface area (Å²) in [5.41, 5.74) is 8.05. The van der Waals surface area contributed by atoms with Crippen LogP contribution in [0.25, 0.3) is 0 Å². The second kappa shape index (κ2) is 9.05. The zero-order chi connectivity index (χ0) is 24.9. The smallest absolute Gasteiger partial charge is 0.244 e. The van der Waals surface area contributed by atoms with Crippen LogP contribution < -0.4 is 10.1 Å². The van der Waals surface area contributed by atoms with Crippen LogP contribution in [-0.2, 0) is 53.5 Å². The summed E-state index contributed by atoms with van der Waals surface area (Å²) in [6, 6.07) is 15.6. The number of amides is 1. The first kappa shape index (κ1) is 23.3. The predicted octanol–water partition coefficient (Wildman–Crippen LogP) is 4.43. The Morgan fingerprint density at radius 3 is 2.17 bits per heavy atom. The van der Waals surface area contributed by atoms with E-state index in [9.17, 15) is 13.2 Å². The molecule has 2 aliphatic carbocycles. The van der Waals surface area contributed by atoms with E-state index in [-0.39, 0.29) is 17.3 Å². The van der Waals surface area contributed by atoms with Crippen LogP contribution in [0.4, 0.5) is 5.69 Å². The Morgan fingerprint density at radius 2 is 1.53 bits per heavy atom. The fourth-order valence-electron chi connectivity index (χ4n) is 6.03. The lowest BCUT2D eigenvalue weighted by molar-refractivity contribution is -0.120. The molecule has 0 radical (unpaired) electrons. The molecule has 3 aromatic rings. The molecule has 0 spiro atoms. The van der Waals surface area contributed by atoms with Crippen LogP contribution in [0, 0.1) is 0 Å². The first-order valence-corrected chi connectivity index (χ1v) is 14.1. The maximum atomic E-state index is 13.9. The lowest BCUT2D eigenvalue weighted by Gasteiger charge is -2.35. The van der Waals surface area contributed by atoms with Gasteiger partial charge in [-0.05, 0) is 103 Å². The zero-order valence-electron chi connectivity index (χ0n) is 20.4. The number of aryl methyl sites for hydroxylation is 2. The zero-order valence-corrected chi connectivity index (χ0v) is 21.2. The molecule has 1 atom stereocenters. The van der Waals surface area contributed by atoms with Gasteiger partial charge in [-0.25, -0.2) is 8.42 Å². The number of fused-ring (bicyclic) bond motifs is 3. The molecule has 1 aliphatic heterocycles. The molecule has 0 bridgehead atoms. The lowest BCUT2D eigenvalue weighted by Crippen LogP contribution is -2.50. The Labute approximate surface area is 212 Å². The molecule has 0 saturated carbocycles.